The number of primary amides is 1. The largest absolute Gasteiger partial charge is 0.451 e. The predicted octanol–water partition coefficient (Wildman–Crippen LogP) is 2.11. The minimum Gasteiger partial charge on any atom is -0.451 e. The zero-order chi connectivity index (χ0) is 18.1. The summed E-state index contributed by atoms with van der Waals surface area (Å²) < 4.78 is 6.01. The molecule has 0 heterocycles. The van der Waals surface area contributed by atoms with Gasteiger partial charge in [0, 0.05) is 10.2 Å². The zero-order valence-corrected chi connectivity index (χ0v) is 15.8. The molecule has 0 fully saturated rings. The van der Waals surface area contributed by atoms with Gasteiger partial charge in [-0.25, -0.2) is 9.59 Å². The fourth-order valence-corrected chi connectivity index (χ4v) is 2.48. The first kappa shape index (κ1) is 20.3. The number of thioether (sulfide) groups is 1. The van der Waals surface area contributed by atoms with Crippen LogP contribution in [0, 0.1) is 0 Å². The van der Waals surface area contributed by atoms with Gasteiger partial charge in [-0.15, -0.1) is 0 Å². The standard InChI is InChI=1S/C15H20BrN3O4S/c1-9(13(20)18-11-5-3-10(16)4-6-11)23-14(21)12(7-8-24-2)19-15(17)22/h3-6,9,12H,7-8H2,1-2H3,(H,18,20)(H3,17,19,22)/t9-,12+/m0/s1. The summed E-state index contributed by atoms with van der Waals surface area (Å²) >= 11 is 4.82. The van der Waals surface area contributed by atoms with Crippen molar-refractivity contribution < 1.29 is 19.1 Å². The van der Waals surface area contributed by atoms with Crippen LogP contribution in [0.1, 0.15) is 13.3 Å². The molecule has 7 nitrogen and oxygen atoms in total. The molecule has 0 aliphatic heterocycles. The van der Waals surface area contributed by atoms with E-state index in [0.717, 1.165) is 4.47 Å². The third-order valence-corrected chi connectivity index (χ3v) is 4.16. The fourth-order valence-electron chi connectivity index (χ4n) is 1.74. The second kappa shape index (κ2) is 10.2. The van der Waals surface area contributed by atoms with Crippen LogP contribution in [-0.4, -0.2) is 42.1 Å². The molecule has 0 unspecified atom stereocenters. The van der Waals surface area contributed by atoms with Gasteiger partial charge in [-0.1, -0.05) is 15.9 Å². The molecule has 2 atom stereocenters. The predicted molar refractivity (Wildman–Crippen MR) is 97.8 cm³/mol. The summed E-state index contributed by atoms with van der Waals surface area (Å²) in [5, 5.41) is 4.97. The van der Waals surface area contributed by atoms with Gasteiger partial charge in [-0.05, 0) is 49.6 Å². The Balaban J connectivity index is 2.60. The van der Waals surface area contributed by atoms with Gasteiger partial charge in [0.1, 0.15) is 6.04 Å². The number of halogens is 1. The van der Waals surface area contributed by atoms with Crippen molar-refractivity contribution >= 4 is 51.3 Å². The molecular formula is C15H20BrN3O4S. The summed E-state index contributed by atoms with van der Waals surface area (Å²) in [5.41, 5.74) is 5.64. The van der Waals surface area contributed by atoms with Gasteiger partial charge in [0.2, 0.25) is 0 Å². The topological polar surface area (TPSA) is 111 Å². The lowest BCUT2D eigenvalue weighted by atomic mass is 10.2. The molecule has 1 rings (SSSR count). The Morgan fingerprint density at radius 2 is 1.92 bits per heavy atom. The third-order valence-electron chi connectivity index (χ3n) is 2.99. The van der Waals surface area contributed by atoms with Crippen LogP contribution in [-0.2, 0) is 14.3 Å². The smallest absolute Gasteiger partial charge is 0.329 e. The van der Waals surface area contributed by atoms with E-state index in [1.165, 1.54) is 18.7 Å². The van der Waals surface area contributed by atoms with Gasteiger partial charge in [-0.2, -0.15) is 11.8 Å². The molecule has 1 aromatic carbocycles. The van der Waals surface area contributed by atoms with Crippen LogP contribution >= 0.6 is 27.7 Å². The molecule has 1 aromatic rings. The SMILES string of the molecule is CSCC[C@@H](NC(N)=O)C(=O)O[C@@H](C)C(=O)Nc1ccc(Br)cc1. The van der Waals surface area contributed by atoms with Crippen molar-refractivity contribution in [1.82, 2.24) is 5.32 Å². The van der Waals surface area contributed by atoms with Crippen LogP contribution in [0.2, 0.25) is 0 Å². The number of carbonyl (C=O) groups excluding carboxylic acids is 3. The monoisotopic (exact) mass is 417 g/mol. The highest BCUT2D eigenvalue weighted by molar-refractivity contribution is 9.10. The second-order valence-corrected chi connectivity index (χ2v) is 6.82. The highest BCUT2D eigenvalue weighted by atomic mass is 79.9. The Morgan fingerprint density at radius 3 is 2.46 bits per heavy atom. The molecule has 0 bridgehead atoms. The van der Waals surface area contributed by atoms with Gasteiger partial charge >= 0.3 is 12.0 Å². The van der Waals surface area contributed by atoms with Crippen molar-refractivity contribution in [2.24, 2.45) is 5.73 Å². The van der Waals surface area contributed by atoms with Crippen LogP contribution < -0.4 is 16.4 Å². The Bertz CT molecular complexity index is 583. The molecule has 9 heteroatoms. The number of ether oxygens (including phenoxy) is 1. The van der Waals surface area contributed by atoms with E-state index in [0.29, 0.717) is 17.9 Å². The normalized spacial score (nSPS) is 12.8. The molecule has 3 amide bonds. The van der Waals surface area contributed by atoms with Crippen molar-refractivity contribution in [3.8, 4) is 0 Å². The lowest BCUT2D eigenvalue weighted by molar-refractivity contribution is -0.155. The number of nitrogens with two attached hydrogens (primary N) is 1. The van der Waals surface area contributed by atoms with Crippen molar-refractivity contribution in [1.29, 1.82) is 0 Å². The summed E-state index contributed by atoms with van der Waals surface area (Å²) in [6.07, 6.45) is 1.23. The van der Waals surface area contributed by atoms with E-state index in [4.69, 9.17) is 10.5 Å². The van der Waals surface area contributed by atoms with Crippen LogP contribution in [0.4, 0.5) is 10.5 Å². The summed E-state index contributed by atoms with van der Waals surface area (Å²) in [6, 6.07) is 5.30. The van der Waals surface area contributed by atoms with Gasteiger partial charge in [0.05, 0.1) is 0 Å². The first-order chi connectivity index (χ1) is 11.3. The van der Waals surface area contributed by atoms with E-state index in [2.05, 4.69) is 26.6 Å². The average molecular weight is 418 g/mol. The fraction of sp³-hybridized carbons (Fsp3) is 0.400. The average Bonchev–Trinajstić information content (AvgIpc) is 2.53. The van der Waals surface area contributed by atoms with Gasteiger partial charge in [0.25, 0.3) is 5.91 Å². The Labute approximate surface area is 153 Å². The van der Waals surface area contributed by atoms with E-state index < -0.39 is 30.1 Å². The summed E-state index contributed by atoms with van der Waals surface area (Å²) in [6.45, 7) is 1.46. The molecule has 24 heavy (non-hydrogen) atoms. The highest BCUT2D eigenvalue weighted by Gasteiger charge is 2.25. The second-order valence-electron chi connectivity index (χ2n) is 4.92. The quantitative estimate of drug-likeness (QED) is 0.560. The number of benzene rings is 1. The minimum absolute atomic E-state index is 0.365. The lowest BCUT2D eigenvalue weighted by Gasteiger charge is -2.19. The molecule has 0 aromatic heterocycles. The highest BCUT2D eigenvalue weighted by Crippen LogP contribution is 2.14. The van der Waals surface area contributed by atoms with Gasteiger partial charge in [-0.3, -0.25) is 4.79 Å². The first-order valence-corrected chi connectivity index (χ1v) is 9.34. The number of urea groups is 1. The number of nitrogens with one attached hydrogen (secondary N) is 2. The first-order valence-electron chi connectivity index (χ1n) is 7.15. The molecule has 4 N–H and O–H groups in total. The Morgan fingerprint density at radius 1 is 1.29 bits per heavy atom. The molecule has 0 saturated heterocycles. The van der Waals surface area contributed by atoms with Crippen molar-refractivity contribution in [2.75, 3.05) is 17.3 Å². The van der Waals surface area contributed by atoms with Crippen LogP contribution in [0.3, 0.4) is 0 Å². The third kappa shape index (κ3) is 7.22. The molecule has 0 saturated carbocycles. The number of carbonyl (C=O) groups is 3. The minimum atomic E-state index is -1.01. The molecular weight excluding hydrogens is 398 g/mol. The summed E-state index contributed by atoms with van der Waals surface area (Å²) in [4.78, 5) is 35.2. The van der Waals surface area contributed by atoms with Gasteiger partial charge in [0.15, 0.2) is 6.10 Å². The van der Waals surface area contributed by atoms with Crippen molar-refractivity contribution in [3.63, 3.8) is 0 Å². The van der Waals surface area contributed by atoms with Crippen molar-refractivity contribution in [2.45, 2.75) is 25.5 Å². The van der Waals surface area contributed by atoms with Crippen LogP contribution in [0.25, 0.3) is 0 Å². The number of rotatable bonds is 8. The van der Waals surface area contributed by atoms with Crippen LogP contribution in [0.15, 0.2) is 28.7 Å². The van der Waals surface area contributed by atoms with Gasteiger partial charge < -0.3 is 21.1 Å². The summed E-state index contributed by atoms with van der Waals surface area (Å²) in [7, 11) is 0. The maximum Gasteiger partial charge on any atom is 0.329 e. The van der Waals surface area contributed by atoms with E-state index in [1.54, 1.807) is 24.3 Å². The Kier molecular flexibility index (Phi) is 8.62. The number of amides is 3. The summed E-state index contributed by atoms with van der Waals surface area (Å²) in [5.74, 6) is -0.519. The van der Waals surface area contributed by atoms with E-state index in [-0.39, 0.29) is 0 Å². The molecule has 132 valence electrons. The molecule has 0 radical (unpaired) electrons. The van der Waals surface area contributed by atoms with E-state index in [1.807, 2.05) is 6.26 Å². The Hall–Kier alpha value is -1.74. The molecule has 0 aliphatic carbocycles. The molecule has 0 aliphatic rings. The zero-order valence-electron chi connectivity index (χ0n) is 13.4. The number of esters is 1. The number of hydrogen-bond donors (Lipinski definition) is 3. The number of anilines is 1. The maximum atomic E-state index is 12.1. The lowest BCUT2D eigenvalue weighted by Crippen LogP contribution is -2.46. The van der Waals surface area contributed by atoms with E-state index in [9.17, 15) is 14.4 Å². The maximum absolute atomic E-state index is 12.1. The van der Waals surface area contributed by atoms with Crippen LogP contribution in [0.5, 0.6) is 0 Å². The van der Waals surface area contributed by atoms with E-state index >= 15 is 0 Å². The van der Waals surface area contributed by atoms with Crippen molar-refractivity contribution in [3.05, 3.63) is 28.7 Å². The number of hydrogen-bond acceptors (Lipinski definition) is 5. The molecule has 0 spiro atoms.